The van der Waals surface area contributed by atoms with Crippen LogP contribution in [0.5, 0.6) is 0 Å². The average Bonchev–Trinajstić information content (AvgIpc) is 3.08. The number of para-hydroxylation sites is 1. The predicted molar refractivity (Wildman–Crippen MR) is 123 cm³/mol. The van der Waals surface area contributed by atoms with Gasteiger partial charge in [-0.2, -0.15) is 0 Å². The minimum absolute atomic E-state index is 0.0533. The van der Waals surface area contributed by atoms with E-state index in [1.54, 1.807) is 6.07 Å². The average molecular weight is 446 g/mol. The largest absolute Gasteiger partial charge is 0.369 e. The van der Waals surface area contributed by atoms with Crippen LogP contribution in [-0.2, 0) is 11.3 Å². The predicted octanol–water partition coefficient (Wildman–Crippen LogP) is 4.87. The highest BCUT2D eigenvalue weighted by Gasteiger charge is 2.26. The number of halogens is 2. The molecule has 150 valence electrons. The maximum atomic E-state index is 11.4. The lowest BCUT2D eigenvalue weighted by Gasteiger charge is -2.32. The summed E-state index contributed by atoms with van der Waals surface area (Å²) in [4.78, 5) is 14.4. The number of hydrogen-bond acceptors (Lipinski definition) is 2. The zero-order valence-corrected chi connectivity index (χ0v) is 18.1. The second-order valence-electron chi connectivity index (χ2n) is 7.39. The Hall–Kier alpha value is -2.08. The SMILES string of the molecule is NC(=O)C1CCN(C(=S)c2cn(Cc3ccc(Cl)cc3Cl)c3ccccc23)CC1. The maximum Gasteiger partial charge on any atom is 0.220 e. The molecule has 1 fully saturated rings. The molecular weight excluding hydrogens is 425 g/mol. The van der Waals surface area contributed by atoms with Crippen molar-refractivity contribution >= 4 is 57.2 Å². The molecule has 0 radical (unpaired) electrons. The summed E-state index contributed by atoms with van der Waals surface area (Å²) in [5.41, 5.74) is 8.58. The number of likely N-dealkylation sites (tertiary alicyclic amines) is 1. The van der Waals surface area contributed by atoms with Crippen LogP contribution in [0.4, 0.5) is 0 Å². The molecule has 7 heteroatoms. The van der Waals surface area contributed by atoms with Crippen LogP contribution < -0.4 is 5.73 Å². The van der Waals surface area contributed by atoms with Crippen molar-refractivity contribution in [3.63, 3.8) is 0 Å². The summed E-state index contributed by atoms with van der Waals surface area (Å²) in [6.45, 7) is 2.12. The monoisotopic (exact) mass is 445 g/mol. The Labute approximate surface area is 185 Å². The van der Waals surface area contributed by atoms with Crippen LogP contribution in [0, 0.1) is 5.92 Å². The van der Waals surface area contributed by atoms with Gasteiger partial charge >= 0.3 is 0 Å². The normalized spacial score (nSPS) is 15.0. The van der Waals surface area contributed by atoms with Crippen molar-refractivity contribution in [2.45, 2.75) is 19.4 Å². The van der Waals surface area contributed by atoms with E-state index in [-0.39, 0.29) is 11.8 Å². The van der Waals surface area contributed by atoms with Crippen LogP contribution in [0.3, 0.4) is 0 Å². The van der Waals surface area contributed by atoms with Gasteiger partial charge in [-0.25, -0.2) is 0 Å². The molecule has 1 aromatic heterocycles. The molecule has 2 N–H and O–H groups in total. The van der Waals surface area contributed by atoms with Gasteiger partial charge in [0.05, 0.1) is 0 Å². The number of hydrogen-bond donors (Lipinski definition) is 1. The second-order valence-corrected chi connectivity index (χ2v) is 8.62. The first-order chi connectivity index (χ1) is 13.9. The first-order valence-corrected chi connectivity index (χ1v) is 10.7. The van der Waals surface area contributed by atoms with Crippen LogP contribution in [-0.4, -0.2) is 33.5 Å². The Morgan fingerprint density at radius 3 is 2.55 bits per heavy atom. The summed E-state index contributed by atoms with van der Waals surface area (Å²) in [5, 5.41) is 2.38. The first kappa shape index (κ1) is 20.2. The Morgan fingerprint density at radius 2 is 1.86 bits per heavy atom. The van der Waals surface area contributed by atoms with Crippen molar-refractivity contribution in [3.05, 3.63) is 69.8 Å². The summed E-state index contributed by atoms with van der Waals surface area (Å²) < 4.78 is 2.17. The molecule has 2 heterocycles. The van der Waals surface area contributed by atoms with E-state index in [1.807, 2.05) is 24.3 Å². The number of fused-ring (bicyclic) bond motifs is 1. The highest BCUT2D eigenvalue weighted by atomic mass is 35.5. The fraction of sp³-hybridized carbons (Fsp3) is 0.273. The molecule has 29 heavy (non-hydrogen) atoms. The van der Waals surface area contributed by atoms with Gasteiger partial charge in [0, 0.05) is 58.3 Å². The first-order valence-electron chi connectivity index (χ1n) is 9.54. The van der Waals surface area contributed by atoms with Gasteiger partial charge in [0.15, 0.2) is 0 Å². The number of nitrogens with two attached hydrogens (primary N) is 1. The Bertz CT molecular complexity index is 1090. The van der Waals surface area contributed by atoms with Crippen molar-refractivity contribution < 1.29 is 4.79 Å². The van der Waals surface area contributed by atoms with E-state index >= 15 is 0 Å². The molecule has 4 nitrogen and oxygen atoms in total. The van der Waals surface area contributed by atoms with Crippen molar-refractivity contribution in [3.8, 4) is 0 Å². The number of carbonyl (C=O) groups excluding carboxylic acids is 1. The van der Waals surface area contributed by atoms with E-state index in [0.717, 1.165) is 52.9 Å². The third-order valence-corrected chi connectivity index (χ3v) is 6.62. The van der Waals surface area contributed by atoms with Gasteiger partial charge in [-0.05, 0) is 36.6 Å². The van der Waals surface area contributed by atoms with Crippen LogP contribution >= 0.6 is 35.4 Å². The van der Waals surface area contributed by atoms with Gasteiger partial charge < -0.3 is 15.2 Å². The molecule has 0 atom stereocenters. The molecule has 1 amide bonds. The molecule has 1 aliphatic heterocycles. The molecular formula is C22H21Cl2N3OS. The van der Waals surface area contributed by atoms with Gasteiger partial charge in [0.2, 0.25) is 5.91 Å². The zero-order chi connectivity index (χ0) is 20.5. The summed E-state index contributed by atoms with van der Waals surface area (Å²) in [6, 6.07) is 13.8. The molecule has 2 aromatic carbocycles. The number of amides is 1. The summed E-state index contributed by atoms with van der Waals surface area (Å²) >= 11 is 18.3. The quantitative estimate of drug-likeness (QED) is 0.582. The van der Waals surface area contributed by atoms with Gasteiger partial charge in [-0.15, -0.1) is 0 Å². The summed E-state index contributed by atoms with van der Waals surface area (Å²) in [6.07, 6.45) is 3.58. The van der Waals surface area contributed by atoms with Crippen molar-refractivity contribution in [1.82, 2.24) is 9.47 Å². The molecule has 0 bridgehead atoms. The third kappa shape index (κ3) is 4.13. The van der Waals surface area contributed by atoms with Crippen LogP contribution in [0.15, 0.2) is 48.7 Å². The molecule has 0 aliphatic carbocycles. The Kier molecular flexibility index (Phi) is 5.81. The number of thiocarbonyl (C=S) groups is 1. The third-order valence-electron chi connectivity index (χ3n) is 5.56. The minimum Gasteiger partial charge on any atom is -0.369 e. The van der Waals surface area contributed by atoms with E-state index in [0.29, 0.717) is 16.6 Å². The maximum absolute atomic E-state index is 11.4. The van der Waals surface area contributed by atoms with Crippen molar-refractivity contribution in [2.75, 3.05) is 13.1 Å². The fourth-order valence-corrected chi connectivity index (χ4v) is 4.73. The summed E-state index contributed by atoms with van der Waals surface area (Å²) in [5.74, 6) is -0.269. The van der Waals surface area contributed by atoms with Crippen molar-refractivity contribution in [1.29, 1.82) is 0 Å². The molecule has 0 spiro atoms. The van der Waals surface area contributed by atoms with Crippen molar-refractivity contribution in [2.24, 2.45) is 11.7 Å². The smallest absolute Gasteiger partial charge is 0.220 e. The fourth-order valence-electron chi connectivity index (χ4n) is 3.92. The number of piperidine rings is 1. The Balaban J connectivity index is 1.64. The number of benzene rings is 2. The molecule has 0 unspecified atom stereocenters. The lowest BCUT2D eigenvalue weighted by atomic mass is 9.96. The number of nitrogens with zero attached hydrogens (tertiary/aromatic N) is 2. The summed E-state index contributed by atoms with van der Waals surface area (Å²) in [7, 11) is 0. The molecule has 1 saturated heterocycles. The molecule has 3 aromatic rings. The molecule has 4 rings (SSSR count). The molecule has 1 aliphatic rings. The lowest BCUT2D eigenvalue weighted by molar-refractivity contribution is -0.122. The number of primary amides is 1. The van der Waals surface area contributed by atoms with Crippen LogP contribution in [0.1, 0.15) is 24.0 Å². The van der Waals surface area contributed by atoms with Gasteiger partial charge in [-0.3, -0.25) is 4.79 Å². The van der Waals surface area contributed by atoms with E-state index in [1.165, 1.54) is 0 Å². The van der Waals surface area contributed by atoms with E-state index in [4.69, 9.17) is 41.2 Å². The standard InChI is InChI=1S/C22H21Cl2N3OS/c23-16-6-5-15(19(24)11-16)12-27-13-18(17-3-1-2-4-20(17)27)22(29)26-9-7-14(8-10-26)21(25)28/h1-6,11,13-14H,7-10,12H2,(H2,25,28). The highest BCUT2D eigenvalue weighted by molar-refractivity contribution is 7.80. The van der Waals surface area contributed by atoms with Gasteiger partial charge in [0.25, 0.3) is 0 Å². The zero-order valence-electron chi connectivity index (χ0n) is 15.8. The van der Waals surface area contributed by atoms with Crippen LogP contribution in [0.2, 0.25) is 10.0 Å². The number of carbonyl (C=O) groups is 1. The van der Waals surface area contributed by atoms with E-state index in [9.17, 15) is 4.79 Å². The van der Waals surface area contributed by atoms with Crippen LogP contribution in [0.25, 0.3) is 10.9 Å². The minimum atomic E-state index is -0.216. The van der Waals surface area contributed by atoms with E-state index < -0.39 is 0 Å². The van der Waals surface area contributed by atoms with Gasteiger partial charge in [-0.1, -0.05) is 59.7 Å². The highest BCUT2D eigenvalue weighted by Crippen LogP contribution is 2.28. The number of rotatable bonds is 4. The molecule has 0 saturated carbocycles. The second kappa shape index (κ2) is 8.34. The Morgan fingerprint density at radius 1 is 1.14 bits per heavy atom. The number of aromatic nitrogens is 1. The van der Waals surface area contributed by atoms with E-state index in [2.05, 4.69) is 27.8 Å². The topological polar surface area (TPSA) is 51.3 Å². The van der Waals surface area contributed by atoms with Gasteiger partial charge in [0.1, 0.15) is 4.99 Å². The lowest BCUT2D eigenvalue weighted by Crippen LogP contribution is -2.41.